The fourth-order valence-corrected chi connectivity index (χ4v) is 0.505. The molecule has 0 aliphatic carbocycles. The second-order valence-electron chi connectivity index (χ2n) is 1.55. The first kappa shape index (κ1) is 5.18. The van der Waals surface area contributed by atoms with Gasteiger partial charge >= 0.3 is 0 Å². The maximum absolute atomic E-state index is 5.30. The molecule has 0 saturated heterocycles. The summed E-state index contributed by atoms with van der Waals surface area (Å²) in [6, 6.07) is 1.71. The zero-order valence-corrected chi connectivity index (χ0v) is 4.42. The van der Waals surface area contributed by atoms with E-state index in [0.29, 0.717) is 12.2 Å². The van der Waals surface area contributed by atoms with E-state index >= 15 is 0 Å². The Morgan fingerprint density at radius 3 is 2.62 bits per heavy atom. The van der Waals surface area contributed by atoms with Crippen LogP contribution in [-0.2, 0) is 6.54 Å². The standard InChI is InChI=1S/C5H8N2O/c6-2-5-1-4(7)3-8-5/h1,3H,2,6-7H2. The Labute approximate surface area is 47.3 Å². The molecule has 1 aromatic heterocycles. The van der Waals surface area contributed by atoms with E-state index in [4.69, 9.17) is 15.9 Å². The summed E-state index contributed by atoms with van der Waals surface area (Å²) in [7, 11) is 0. The minimum absolute atomic E-state index is 0.414. The molecular weight excluding hydrogens is 104 g/mol. The third-order valence-electron chi connectivity index (χ3n) is 0.875. The van der Waals surface area contributed by atoms with Gasteiger partial charge in [-0.3, -0.25) is 0 Å². The van der Waals surface area contributed by atoms with Gasteiger partial charge in [0.1, 0.15) is 12.0 Å². The van der Waals surface area contributed by atoms with Crippen LogP contribution in [0.1, 0.15) is 5.76 Å². The number of nitrogen functional groups attached to an aromatic ring is 1. The minimum atomic E-state index is 0.414. The van der Waals surface area contributed by atoms with Crippen LogP contribution in [0.25, 0.3) is 0 Å². The lowest BCUT2D eigenvalue weighted by molar-refractivity contribution is 0.513. The zero-order valence-electron chi connectivity index (χ0n) is 4.42. The average molecular weight is 112 g/mol. The molecule has 0 spiro atoms. The van der Waals surface area contributed by atoms with Gasteiger partial charge in [-0.25, -0.2) is 0 Å². The van der Waals surface area contributed by atoms with Crippen molar-refractivity contribution >= 4 is 5.69 Å². The van der Waals surface area contributed by atoms with Crippen LogP contribution in [0.4, 0.5) is 5.69 Å². The van der Waals surface area contributed by atoms with Gasteiger partial charge in [0, 0.05) is 6.07 Å². The van der Waals surface area contributed by atoms with Crippen LogP contribution < -0.4 is 11.5 Å². The van der Waals surface area contributed by atoms with Crippen molar-refractivity contribution in [1.82, 2.24) is 0 Å². The number of anilines is 1. The highest BCUT2D eigenvalue weighted by Crippen LogP contribution is 2.06. The third-order valence-corrected chi connectivity index (χ3v) is 0.875. The largest absolute Gasteiger partial charge is 0.466 e. The van der Waals surface area contributed by atoms with Gasteiger partial charge in [0.2, 0.25) is 0 Å². The Kier molecular flexibility index (Phi) is 1.22. The van der Waals surface area contributed by atoms with Gasteiger partial charge in [-0.05, 0) is 0 Å². The van der Waals surface area contributed by atoms with Gasteiger partial charge in [0.05, 0.1) is 12.2 Å². The molecule has 0 aliphatic rings. The van der Waals surface area contributed by atoms with Crippen molar-refractivity contribution in [3.05, 3.63) is 18.1 Å². The predicted molar refractivity (Wildman–Crippen MR) is 31.0 cm³/mol. The van der Waals surface area contributed by atoms with Crippen LogP contribution in [0, 0.1) is 0 Å². The summed E-state index contributed by atoms with van der Waals surface area (Å²) < 4.78 is 4.86. The van der Waals surface area contributed by atoms with Crippen molar-refractivity contribution in [3.8, 4) is 0 Å². The molecule has 0 amide bonds. The molecule has 0 aliphatic heterocycles. The second-order valence-corrected chi connectivity index (χ2v) is 1.55. The summed E-state index contributed by atoms with van der Waals surface area (Å²) >= 11 is 0. The van der Waals surface area contributed by atoms with Gasteiger partial charge < -0.3 is 15.9 Å². The van der Waals surface area contributed by atoms with Gasteiger partial charge in [-0.2, -0.15) is 0 Å². The molecule has 1 rings (SSSR count). The highest BCUT2D eigenvalue weighted by molar-refractivity contribution is 5.34. The molecule has 0 radical (unpaired) electrons. The van der Waals surface area contributed by atoms with Gasteiger partial charge in [0.25, 0.3) is 0 Å². The van der Waals surface area contributed by atoms with Crippen molar-refractivity contribution in [2.75, 3.05) is 5.73 Å². The molecule has 44 valence electrons. The Morgan fingerprint density at radius 2 is 2.38 bits per heavy atom. The molecule has 0 bridgehead atoms. The number of hydrogen-bond donors (Lipinski definition) is 2. The molecular formula is C5H8N2O. The van der Waals surface area contributed by atoms with E-state index < -0.39 is 0 Å². The van der Waals surface area contributed by atoms with E-state index in [2.05, 4.69) is 0 Å². The lowest BCUT2D eigenvalue weighted by atomic mass is 10.4. The first-order chi connectivity index (χ1) is 3.83. The van der Waals surface area contributed by atoms with E-state index in [1.165, 1.54) is 6.26 Å². The zero-order chi connectivity index (χ0) is 5.98. The fraction of sp³-hybridized carbons (Fsp3) is 0.200. The first-order valence-corrected chi connectivity index (χ1v) is 2.36. The molecule has 8 heavy (non-hydrogen) atoms. The first-order valence-electron chi connectivity index (χ1n) is 2.36. The summed E-state index contributed by atoms with van der Waals surface area (Å²) in [5.41, 5.74) is 11.1. The predicted octanol–water partition coefficient (Wildman–Crippen LogP) is 0.320. The minimum Gasteiger partial charge on any atom is -0.466 e. The molecule has 3 heteroatoms. The van der Waals surface area contributed by atoms with Crippen LogP contribution in [0.2, 0.25) is 0 Å². The molecule has 0 aromatic carbocycles. The van der Waals surface area contributed by atoms with E-state index in [-0.39, 0.29) is 0 Å². The van der Waals surface area contributed by atoms with Crippen molar-refractivity contribution in [3.63, 3.8) is 0 Å². The number of rotatable bonds is 1. The molecule has 1 heterocycles. The van der Waals surface area contributed by atoms with Crippen LogP contribution in [0.15, 0.2) is 16.7 Å². The van der Waals surface area contributed by atoms with Gasteiger partial charge in [-0.1, -0.05) is 0 Å². The van der Waals surface area contributed by atoms with Crippen LogP contribution in [-0.4, -0.2) is 0 Å². The Bertz CT molecular complexity index is 171. The fourth-order valence-electron chi connectivity index (χ4n) is 0.505. The highest BCUT2D eigenvalue weighted by Gasteiger charge is 1.92. The van der Waals surface area contributed by atoms with Crippen molar-refractivity contribution < 1.29 is 4.42 Å². The monoisotopic (exact) mass is 112 g/mol. The highest BCUT2D eigenvalue weighted by atomic mass is 16.3. The molecule has 0 fully saturated rings. The van der Waals surface area contributed by atoms with Gasteiger partial charge in [-0.15, -0.1) is 0 Å². The van der Waals surface area contributed by atoms with Gasteiger partial charge in [0.15, 0.2) is 0 Å². The topological polar surface area (TPSA) is 65.2 Å². The quantitative estimate of drug-likeness (QED) is 0.549. The van der Waals surface area contributed by atoms with E-state index in [1.807, 2.05) is 0 Å². The molecule has 0 atom stereocenters. The van der Waals surface area contributed by atoms with Crippen LogP contribution >= 0.6 is 0 Å². The maximum atomic E-state index is 5.30. The van der Waals surface area contributed by atoms with E-state index in [9.17, 15) is 0 Å². The SMILES string of the molecule is NCc1cc(N)co1. The Morgan fingerprint density at radius 1 is 1.62 bits per heavy atom. The van der Waals surface area contributed by atoms with Crippen molar-refractivity contribution in [1.29, 1.82) is 0 Å². The van der Waals surface area contributed by atoms with E-state index in [1.54, 1.807) is 6.07 Å². The molecule has 1 aromatic rings. The third kappa shape index (κ3) is 0.816. The Balaban J connectivity index is 2.84. The maximum Gasteiger partial charge on any atom is 0.119 e. The normalized spacial score (nSPS) is 9.62. The van der Waals surface area contributed by atoms with Crippen LogP contribution in [0.3, 0.4) is 0 Å². The number of nitrogens with two attached hydrogens (primary N) is 2. The summed E-state index contributed by atoms with van der Waals surface area (Å²) in [6.07, 6.45) is 1.47. The smallest absolute Gasteiger partial charge is 0.119 e. The number of hydrogen-bond acceptors (Lipinski definition) is 3. The molecule has 3 nitrogen and oxygen atoms in total. The Hall–Kier alpha value is -0.960. The number of furan rings is 1. The lowest BCUT2D eigenvalue weighted by Crippen LogP contribution is -1.92. The summed E-state index contributed by atoms with van der Waals surface area (Å²) in [5, 5.41) is 0. The van der Waals surface area contributed by atoms with E-state index in [0.717, 1.165) is 5.76 Å². The molecule has 0 unspecified atom stereocenters. The lowest BCUT2D eigenvalue weighted by Gasteiger charge is -1.80. The summed E-state index contributed by atoms with van der Waals surface area (Å²) in [5.74, 6) is 0.725. The molecule has 4 N–H and O–H groups in total. The summed E-state index contributed by atoms with van der Waals surface area (Å²) in [4.78, 5) is 0. The average Bonchev–Trinajstić information content (AvgIpc) is 2.14. The summed E-state index contributed by atoms with van der Waals surface area (Å²) in [6.45, 7) is 0.414. The van der Waals surface area contributed by atoms with Crippen molar-refractivity contribution in [2.45, 2.75) is 6.54 Å². The van der Waals surface area contributed by atoms with Crippen molar-refractivity contribution in [2.24, 2.45) is 5.73 Å². The second kappa shape index (κ2) is 1.88. The van der Waals surface area contributed by atoms with Crippen LogP contribution in [0.5, 0.6) is 0 Å². The molecule has 0 saturated carbocycles.